The van der Waals surface area contributed by atoms with E-state index in [2.05, 4.69) is 5.32 Å². The van der Waals surface area contributed by atoms with E-state index in [4.69, 9.17) is 11.6 Å². The highest BCUT2D eigenvalue weighted by molar-refractivity contribution is 6.53. The van der Waals surface area contributed by atoms with Crippen LogP contribution in [0.2, 0.25) is 0 Å². The first-order valence-electron chi connectivity index (χ1n) is 6.84. The zero-order valence-corrected chi connectivity index (χ0v) is 12.9. The molecule has 1 aliphatic heterocycles. The van der Waals surface area contributed by atoms with Gasteiger partial charge in [0.25, 0.3) is 17.5 Å². The highest BCUT2D eigenvalue weighted by Crippen LogP contribution is 2.31. The minimum atomic E-state index is -0.736. The molecule has 2 aromatic rings. The average Bonchev–Trinajstić information content (AvgIpc) is 2.79. The minimum absolute atomic E-state index is 0.0700. The lowest BCUT2D eigenvalue weighted by molar-refractivity contribution is -0.384. The van der Waals surface area contributed by atoms with Gasteiger partial charge in [-0.2, -0.15) is 0 Å². The van der Waals surface area contributed by atoms with Crippen LogP contribution in [0, 0.1) is 10.1 Å². The first-order chi connectivity index (χ1) is 11.5. The molecule has 2 amide bonds. The first kappa shape index (κ1) is 15.7. The summed E-state index contributed by atoms with van der Waals surface area (Å²) in [5.74, 6) is -1.41. The fraction of sp³-hybridized carbons (Fsp3) is 0. The number of rotatable bonds is 4. The number of amides is 2. The number of carbonyl (C=O) groups is 2. The molecule has 0 saturated carbocycles. The molecule has 0 aromatic heterocycles. The Morgan fingerprint density at radius 2 is 1.71 bits per heavy atom. The third-order valence-electron chi connectivity index (χ3n) is 3.37. The average molecular weight is 344 g/mol. The number of nitro groups is 1. The molecular formula is C16H10ClN3O4. The zero-order chi connectivity index (χ0) is 17.3. The maximum Gasteiger partial charge on any atom is 0.283 e. The van der Waals surface area contributed by atoms with E-state index in [9.17, 15) is 19.7 Å². The maximum atomic E-state index is 12.5. The third kappa shape index (κ3) is 2.72. The van der Waals surface area contributed by atoms with Gasteiger partial charge in [-0.1, -0.05) is 35.9 Å². The number of nitrogens with zero attached hydrogens (tertiary/aromatic N) is 2. The minimum Gasteiger partial charge on any atom is -0.350 e. The number of imide groups is 1. The Labute approximate surface area is 141 Å². The van der Waals surface area contributed by atoms with Crippen molar-refractivity contribution >= 4 is 40.5 Å². The molecule has 0 aliphatic carbocycles. The van der Waals surface area contributed by atoms with Crippen LogP contribution in [0.1, 0.15) is 0 Å². The standard InChI is InChI=1S/C16H10ClN3O4/c17-13-14(18-10-5-2-1-3-6-10)16(22)19(15(13)21)11-7-4-8-12(9-11)20(23)24/h1-9,18H. The summed E-state index contributed by atoms with van der Waals surface area (Å²) in [6, 6.07) is 14.0. The Morgan fingerprint density at radius 1 is 1.00 bits per heavy atom. The number of carbonyl (C=O) groups excluding carboxylic acids is 2. The van der Waals surface area contributed by atoms with Crippen LogP contribution in [-0.2, 0) is 9.59 Å². The molecular weight excluding hydrogens is 334 g/mol. The second-order valence-electron chi connectivity index (χ2n) is 4.90. The number of para-hydroxylation sites is 1. The quantitative estimate of drug-likeness (QED) is 0.523. The van der Waals surface area contributed by atoms with Crippen LogP contribution in [0.15, 0.2) is 65.3 Å². The van der Waals surface area contributed by atoms with Crippen LogP contribution in [0.5, 0.6) is 0 Å². The number of benzene rings is 2. The van der Waals surface area contributed by atoms with Gasteiger partial charge in [0.2, 0.25) is 0 Å². The van der Waals surface area contributed by atoms with Crippen molar-refractivity contribution in [2.75, 3.05) is 10.2 Å². The second-order valence-corrected chi connectivity index (χ2v) is 5.28. The molecule has 2 aromatic carbocycles. The molecule has 0 bridgehead atoms. The lowest BCUT2D eigenvalue weighted by Crippen LogP contribution is -2.32. The Kier molecular flexibility index (Phi) is 4.01. The zero-order valence-electron chi connectivity index (χ0n) is 12.1. The normalized spacial score (nSPS) is 14.3. The molecule has 0 atom stereocenters. The maximum absolute atomic E-state index is 12.5. The monoisotopic (exact) mass is 343 g/mol. The van der Waals surface area contributed by atoms with Crippen LogP contribution in [0.3, 0.4) is 0 Å². The number of nitro benzene ring substituents is 1. The third-order valence-corrected chi connectivity index (χ3v) is 3.72. The fourth-order valence-electron chi connectivity index (χ4n) is 2.26. The van der Waals surface area contributed by atoms with Crippen LogP contribution < -0.4 is 10.2 Å². The summed E-state index contributed by atoms with van der Waals surface area (Å²) in [6.45, 7) is 0. The molecule has 120 valence electrons. The van der Waals surface area contributed by atoms with Crippen molar-refractivity contribution in [1.82, 2.24) is 0 Å². The van der Waals surface area contributed by atoms with Crippen LogP contribution >= 0.6 is 11.6 Å². The molecule has 24 heavy (non-hydrogen) atoms. The molecule has 3 rings (SSSR count). The second kappa shape index (κ2) is 6.13. The number of anilines is 2. The molecule has 8 heteroatoms. The highest BCUT2D eigenvalue weighted by atomic mass is 35.5. The van der Waals surface area contributed by atoms with Crippen molar-refractivity contribution in [2.24, 2.45) is 0 Å². The predicted octanol–water partition coefficient (Wildman–Crippen LogP) is 3.03. The van der Waals surface area contributed by atoms with Crippen LogP contribution in [0.25, 0.3) is 0 Å². The molecule has 1 heterocycles. The summed E-state index contributed by atoms with van der Waals surface area (Å²) in [7, 11) is 0. The Morgan fingerprint density at radius 3 is 2.38 bits per heavy atom. The summed E-state index contributed by atoms with van der Waals surface area (Å²) >= 11 is 5.99. The molecule has 0 radical (unpaired) electrons. The van der Waals surface area contributed by atoms with E-state index < -0.39 is 16.7 Å². The van der Waals surface area contributed by atoms with Gasteiger partial charge >= 0.3 is 0 Å². The molecule has 0 saturated heterocycles. The van der Waals surface area contributed by atoms with E-state index in [0.717, 1.165) is 11.0 Å². The van der Waals surface area contributed by atoms with E-state index in [1.807, 2.05) is 0 Å². The molecule has 1 aliphatic rings. The van der Waals surface area contributed by atoms with E-state index in [1.54, 1.807) is 30.3 Å². The van der Waals surface area contributed by atoms with Crippen LogP contribution in [-0.4, -0.2) is 16.7 Å². The van der Waals surface area contributed by atoms with Gasteiger partial charge in [-0.15, -0.1) is 0 Å². The van der Waals surface area contributed by atoms with Gasteiger partial charge in [0, 0.05) is 17.8 Å². The number of nitrogens with one attached hydrogen (secondary N) is 1. The van der Waals surface area contributed by atoms with Gasteiger partial charge in [-0.3, -0.25) is 19.7 Å². The van der Waals surface area contributed by atoms with Crippen molar-refractivity contribution < 1.29 is 14.5 Å². The molecule has 0 unspecified atom stereocenters. The molecule has 1 N–H and O–H groups in total. The molecule has 0 spiro atoms. The number of non-ortho nitro benzene ring substituents is 1. The summed E-state index contributed by atoms with van der Waals surface area (Å²) in [4.78, 5) is 35.9. The SMILES string of the molecule is O=C1C(Cl)=C(Nc2ccccc2)C(=O)N1c1cccc([N+](=O)[O-])c1. The van der Waals surface area contributed by atoms with Gasteiger partial charge in [-0.25, -0.2) is 4.90 Å². The Hall–Kier alpha value is -3.19. The fourth-order valence-corrected chi connectivity index (χ4v) is 2.47. The van der Waals surface area contributed by atoms with E-state index in [-0.39, 0.29) is 22.1 Å². The number of halogens is 1. The molecule has 7 nitrogen and oxygen atoms in total. The summed E-state index contributed by atoms with van der Waals surface area (Å²) in [6.07, 6.45) is 0. The smallest absolute Gasteiger partial charge is 0.283 e. The van der Waals surface area contributed by atoms with E-state index >= 15 is 0 Å². The topological polar surface area (TPSA) is 92.6 Å². The summed E-state index contributed by atoms with van der Waals surface area (Å²) < 4.78 is 0. The number of hydrogen-bond donors (Lipinski definition) is 1. The van der Waals surface area contributed by atoms with Crippen molar-refractivity contribution in [3.63, 3.8) is 0 Å². The van der Waals surface area contributed by atoms with Gasteiger partial charge in [0.15, 0.2) is 0 Å². The van der Waals surface area contributed by atoms with Gasteiger partial charge in [-0.05, 0) is 18.2 Å². The van der Waals surface area contributed by atoms with Crippen LogP contribution in [0.4, 0.5) is 17.1 Å². The Balaban J connectivity index is 1.94. The van der Waals surface area contributed by atoms with Gasteiger partial charge in [0.05, 0.1) is 10.6 Å². The highest BCUT2D eigenvalue weighted by Gasteiger charge is 2.39. The predicted molar refractivity (Wildman–Crippen MR) is 88.5 cm³/mol. The summed E-state index contributed by atoms with van der Waals surface area (Å²) in [5.41, 5.74) is 0.378. The number of hydrogen-bond acceptors (Lipinski definition) is 5. The van der Waals surface area contributed by atoms with E-state index in [0.29, 0.717) is 5.69 Å². The lowest BCUT2D eigenvalue weighted by Gasteiger charge is -2.14. The van der Waals surface area contributed by atoms with E-state index in [1.165, 1.54) is 18.2 Å². The van der Waals surface area contributed by atoms with Gasteiger partial charge in [0.1, 0.15) is 10.7 Å². The van der Waals surface area contributed by atoms with Crippen molar-refractivity contribution in [3.05, 3.63) is 75.4 Å². The van der Waals surface area contributed by atoms with Gasteiger partial charge < -0.3 is 5.32 Å². The van der Waals surface area contributed by atoms with Crippen molar-refractivity contribution in [2.45, 2.75) is 0 Å². The van der Waals surface area contributed by atoms with Crippen molar-refractivity contribution in [1.29, 1.82) is 0 Å². The largest absolute Gasteiger partial charge is 0.350 e. The van der Waals surface area contributed by atoms with Crippen molar-refractivity contribution in [3.8, 4) is 0 Å². The molecule has 0 fully saturated rings. The first-order valence-corrected chi connectivity index (χ1v) is 7.22. The lowest BCUT2D eigenvalue weighted by atomic mass is 10.2. The Bertz CT molecular complexity index is 880. The summed E-state index contributed by atoms with van der Waals surface area (Å²) in [5, 5.41) is 13.4.